The normalized spacial score (nSPS) is 26.4. The van der Waals surface area contributed by atoms with Crippen molar-refractivity contribution in [1.82, 2.24) is 15.2 Å². The summed E-state index contributed by atoms with van der Waals surface area (Å²) in [5.41, 5.74) is 0.812. The number of nitrogens with one attached hydrogen (secondary N) is 1. The summed E-state index contributed by atoms with van der Waals surface area (Å²) in [7, 11) is 0. The molecule has 2 unspecified atom stereocenters. The Morgan fingerprint density at radius 2 is 2.00 bits per heavy atom. The van der Waals surface area contributed by atoms with E-state index in [1.165, 1.54) is 0 Å². The second-order valence-electron chi connectivity index (χ2n) is 7.28. The lowest BCUT2D eigenvalue weighted by molar-refractivity contribution is -0.157. The van der Waals surface area contributed by atoms with E-state index in [2.05, 4.69) is 36.0 Å². The number of ether oxygens (including phenoxy) is 1. The van der Waals surface area contributed by atoms with Gasteiger partial charge < -0.3 is 4.74 Å². The highest BCUT2D eigenvalue weighted by Gasteiger charge is 2.34. The largest absolute Gasteiger partial charge is 0.461 e. The lowest BCUT2D eigenvalue weighted by atomic mass is 9.75. The zero-order valence-corrected chi connectivity index (χ0v) is 15.6. The van der Waals surface area contributed by atoms with Gasteiger partial charge >= 0.3 is 5.97 Å². The van der Waals surface area contributed by atoms with E-state index in [0.29, 0.717) is 34.4 Å². The lowest BCUT2D eigenvalue weighted by Crippen LogP contribution is -2.37. The van der Waals surface area contributed by atoms with Gasteiger partial charge in [0.25, 0.3) is 0 Å². The minimum Gasteiger partial charge on any atom is -0.461 e. The molecule has 1 N–H and O–H groups in total. The number of nitrogens with zero attached hydrogens (tertiary/aromatic N) is 2. The third-order valence-corrected chi connectivity index (χ3v) is 5.10. The number of benzene rings is 1. The SMILES string of the molecule is CC1CC(C)C(OC(=O)Cc2nc(-c3cccc(Cl)c3)n[nH]2)C(C)C1. The molecular weight excluding hydrogens is 338 g/mol. The predicted octanol–water partition coefficient (Wildman–Crippen LogP) is 4.28. The smallest absolute Gasteiger partial charge is 0.313 e. The highest BCUT2D eigenvalue weighted by Crippen LogP contribution is 2.35. The first kappa shape index (κ1) is 17.9. The first-order chi connectivity index (χ1) is 11.9. The van der Waals surface area contributed by atoms with Gasteiger partial charge in [0.2, 0.25) is 0 Å². The van der Waals surface area contributed by atoms with Crippen LogP contribution < -0.4 is 0 Å². The maximum absolute atomic E-state index is 12.3. The molecule has 0 aliphatic heterocycles. The molecule has 1 fully saturated rings. The summed E-state index contributed by atoms with van der Waals surface area (Å²) in [6.07, 6.45) is 2.28. The number of hydrogen-bond acceptors (Lipinski definition) is 4. The van der Waals surface area contributed by atoms with Crippen LogP contribution in [0.3, 0.4) is 0 Å². The minimum atomic E-state index is -0.257. The number of hydrogen-bond donors (Lipinski definition) is 1. The Labute approximate surface area is 153 Å². The summed E-state index contributed by atoms with van der Waals surface area (Å²) in [6.45, 7) is 6.59. The predicted molar refractivity (Wildman–Crippen MR) is 97.1 cm³/mol. The summed E-state index contributed by atoms with van der Waals surface area (Å²) >= 11 is 5.99. The fourth-order valence-corrected chi connectivity index (χ4v) is 4.08. The molecule has 25 heavy (non-hydrogen) atoms. The van der Waals surface area contributed by atoms with Gasteiger partial charge in [-0.25, -0.2) is 4.98 Å². The van der Waals surface area contributed by atoms with Crippen LogP contribution in [0.15, 0.2) is 24.3 Å². The fourth-order valence-electron chi connectivity index (χ4n) is 3.89. The number of carbonyl (C=O) groups excluding carboxylic acids is 1. The van der Waals surface area contributed by atoms with Gasteiger partial charge in [-0.05, 0) is 42.7 Å². The molecule has 0 spiro atoms. The van der Waals surface area contributed by atoms with Crippen LogP contribution >= 0.6 is 11.6 Å². The lowest BCUT2D eigenvalue weighted by Gasteiger charge is -2.37. The number of aromatic amines is 1. The number of H-pyrrole nitrogens is 1. The first-order valence-corrected chi connectivity index (χ1v) is 9.17. The molecule has 1 aliphatic carbocycles. The zero-order chi connectivity index (χ0) is 18.0. The van der Waals surface area contributed by atoms with Crippen LogP contribution in [0.5, 0.6) is 0 Å². The van der Waals surface area contributed by atoms with Crippen LogP contribution in [0, 0.1) is 17.8 Å². The Morgan fingerprint density at radius 1 is 1.28 bits per heavy atom. The van der Waals surface area contributed by atoms with Crippen molar-refractivity contribution >= 4 is 17.6 Å². The molecule has 134 valence electrons. The van der Waals surface area contributed by atoms with E-state index in [0.717, 1.165) is 18.4 Å². The molecule has 6 heteroatoms. The van der Waals surface area contributed by atoms with Crippen LogP contribution in [-0.2, 0) is 16.0 Å². The number of carbonyl (C=O) groups is 1. The van der Waals surface area contributed by atoms with E-state index < -0.39 is 0 Å². The Balaban J connectivity index is 1.62. The molecule has 0 saturated heterocycles. The Morgan fingerprint density at radius 3 is 2.68 bits per heavy atom. The van der Waals surface area contributed by atoms with Crippen LogP contribution in [0.25, 0.3) is 11.4 Å². The average Bonchev–Trinajstić information content (AvgIpc) is 2.99. The van der Waals surface area contributed by atoms with E-state index in [4.69, 9.17) is 16.3 Å². The van der Waals surface area contributed by atoms with E-state index >= 15 is 0 Å². The summed E-state index contributed by atoms with van der Waals surface area (Å²) in [6, 6.07) is 7.31. The molecule has 1 aliphatic rings. The molecule has 3 rings (SSSR count). The highest BCUT2D eigenvalue weighted by molar-refractivity contribution is 6.30. The molecule has 5 nitrogen and oxygen atoms in total. The minimum absolute atomic E-state index is 0.0148. The van der Waals surface area contributed by atoms with Gasteiger partial charge in [-0.2, -0.15) is 5.10 Å². The van der Waals surface area contributed by atoms with Gasteiger partial charge in [0, 0.05) is 10.6 Å². The van der Waals surface area contributed by atoms with Crippen LogP contribution in [-0.4, -0.2) is 27.3 Å². The van der Waals surface area contributed by atoms with Gasteiger partial charge in [-0.15, -0.1) is 0 Å². The molecule has 1 saturated carbocycles. The third-order valence-electron chi connectivity index (χ3n) is 4.86. The number of aromatic nitrogens is 3. The van der Waals surface area contributed by atoms with Crippen molar-refractivity contribution in [3.8, 4) is 11.4 Å². The molecule has 1 heterocycles. The highest BCUT2D eigenvalue weighted by atomic mass is 35.5. The van der Waals surface area contributed by atoms with Crippen molar-refractivity contribution in [3.05, 3.63) is 35.1 Å². The maximum atomic E-state index is 12.3. The van der Waals surface area contributed by atoms with Gasteiger partial charge in [-0.1, -0.05) is 44.5 Å². The molecule has 0 radical (unpaired) electrons. The van der Waals surface area contributed by atoms with Crippen LogP contribution in [0.4, 0.5) is 0 Å². The summed E-state index contributed by atoms with van der Waals surface area (Å²) < 4.78 is 5.75. The zero-order valence-electron chi connectivity index (χ0n) is 14.8. The fraction of sp³-hybridized carbons (Fsp3) is 0.526. The van der Waals surface area contributed by atoms with Crippen molar-refractivity contribution in [2.45, 2.75) is 46.1 Å². The van der Waals surface area contributed by atoms with E-state index in [1.54, 1.807) is 12.1 Å². The van der Waals surface area contributed by atoms with Crippen molar-refractivity contribution in [2.75, 3.05) is 0 Å². The standard InChI is InChI=1S/C19H24ClN3O2/c1-11-7-12(2)18(13(3)8-11)25-17(24)10-16-21-19(23-22-16)14-5-4-6-15(20)9-14/h4-6,9,11-13,18H,7-8,10H2,1-3H3,(H,21,22,23). The van der Waals surface area contributed by atoms with Gasteiger partial charge in [0.1, 0.15) is 18.3 Å². The summed E-state index contributed by atoms with van der Waals surface area (Å²) in [4.78, 5) is 16.7. The quantitative estimate of drug-likeness (QED) is 0.825. The molecular formula is C19H24ClN3O2. The number of rotatable bonds is 4. The Kier molecular flexibility index (Phi) is 5.42. The van der Waals surface area contributed by atoms with Gasteiger partial charge in [0.15, 0.2) is 5.82 Å². The third kappa shape index (κ3) is 4.40. The molecule has 1 aromatic carbocycles. The summed E-state index contributed by atoms with van der Waals surface area (Å²) in [5.74, 6) is 2.24. The molecule has 0 bridgehead atoms. The first-order valence-electron chi connectivity index (χ1n) is 8.79. The van der Waals surface area contributed by atoms with Crippen molar-refractivity contribution < 1.29 is 9.53 Å². The second-order valence-corrected chi connectivity index (χ2v) is 7.71. The molecule has 0 amide bonds. The Hall–Kier alpha value is -1.88. The second kappa shape index (κ2) is 7.56. The van der Waals surface area contributed by atoms with Gasteiger partial charge in [-0.3, -0.25) is 9.89 Å². The summed E-state index contributed by atoms with van der Waals surface area (Å²) in [5, 5.41) is 7.60. The Bertz CT molecular complexity index is 734. The number of halogens is 1. The monoisotopic (exact) mass is 361 g/mol. The average molecular weight is 362 g/mol. The molecule has 2 aromatic rings. The van der Waals surface area contributed by atoms with Gasteiger partial charge in [0.05, 0.1) is 0 Å². The molecule has 2 atom stereocenters. The van der Waals surface area contributed by atoms with E-state index in [-0.39, 0.29) is 18.5 Å². The van der Waals surface area contributed by atoms with E-state index in [9.17, 15) is 4.79 Å². The maximum Gasteiger partial charge on any atom is 0.313 e. The van der Waals surface area contributed by atoms with Crippen molar-refractivity contribution in [2.24, 2.45) is 17.8 Å². The van der Waals surface area contributed by atoms with Crippen molar-refractivity contribution in [3.63, 3.8) is 0 Å². The topological polar surface area (TPSA) is 67.9 Å². The van der Waals surface area contributed by atoms with Crippen molar-refractivity contribution in [1.29, 1.82) is 0 Å². The van der Waals surface area contributed by atoms with E-state index in [1.807, 2.05) is 12.1 Å². The number of esters is 1. The molecule has 1 aromatic heterocycles. The van der Waals surface area contributed by atoms with Crippen LogP contribution in [0.1, 0.15) is 39.4 Å². The van der Waals surface area contributed by atoms with Crippen LogP contribution in [0.2, 0.25) is 5.02 Å².